The summed E-state index contributed by atoms with van der Waals surface area (Å²) < 4.78 is 33.0. The van der Waals surface area contributed by atoms with E-state index in [1.807, 2.05) is 19.0 Å². The zero-order valence-corrected chi connectivity index (χ0v) is 40.4. The molecule has 3 fully saturated rings. The molecule has 1 amide bonds. The Bertz CT molecular complexity index is 1370. The molecule has 1 atom stereocenters. The normalized spacial score (nSPS) is 23.2. The molecule has 3 rings (SSSR count). The van der Waals surface area contributed by atoms with Crippen LogP contribution >= 0.6 is 11.8 Å². The number of amides is 1. The van der Waals surface area contributed by atoms with E-state index in [9.17, 15) is 33.6 Å². The maximum absolute atomic E-state index is 13.4. The molecule has 0 heterocycles. The van der Waals surface area contributed by atoms with Gasteiger partial charge in [-0.15, -0.1) is 0 Å². The van der Waals surface area contributed by atoms with E-state index >= 15 is 0 Å². The Morgan fingerprint density at radius 1 is 0.547 bits per heavy atom. The van der Waals surface area contributed by atoms with Crippen LogP contribution in [0.2, 0.25) is 0 Å². The molecule has 0 spiro atoms. The van der Waals surface area contributed by atoms with Crippen LogP contribution in [-0.4, -0.2) is 129 Å². The number of hydrogen-bond acceptors (Lipinski definition) is 15. The summed E-state index contributed by atoms with van der Waals surface area (Å²) in [7, 11) is 3.92. The number of nitrogens with zero attached hydrogens (tertiary/aromatic N) is 2. The van der Waals surface area contributed by atoms with Gasteiger partial charge in [0.2, 0.25) is 0 Å². The van der Waals surface area contributed by atoms with Gasteiger partial charge in [0, 0.05) is 31.7 Å². The molecule has 0 aromatic heterocycles. The Morgan fingerprint density at radius 2 is 0.922 bits per heavy atom. The second kappa shape index (κ2) is 31.5. The fourth-order valence-corrected chi connectivity index (χ4v) is 9.73. The number of rotatable bonds is 29. The standard InChI is InChI=1S/C48H80N2O13S/c1-6-35-14-20-38(21-15-35)45(54)59-31-41(30-58-34-51)62-43(52)12-9-27-50(48(57)64-29-11-26-49(4)5)28-10-13-44(53)63-42(32-60-46(55)39-22-16-36(7-2)17-23-39)33-61-47(56)40-24-18-37(8-3)19-25-40/h34-42H,6-33H2,1-5H3. The average molecular weight is 925 g/mol. The molecule has 3 aliphatic rings. The smallest absolute Gasteiger partial charge is 0.309 e. The lowest BCUT2D eigenvalue weighted by atomic mass is 9.81. The van der Waals surface area contributed by atoms with Gasteiger partial charge in [0.15, 0.2) is 12.2 Å². The fourth-order valence-electron chi connectivity index (χ4n) is 8.92. The predicted octanol–water partition coefficient (Wildman–Crippen LogP) is 7.93. The minimum absolute atomic E-state index is 0.0469. The summed E-state index contributed by atoms with van der Waals surface area (Å²) in [6.07, 6.45) is 12.9. The minimum Gasteiger partial charge on any atom is -0.464 e. The number of carbonyl (C=O) groups excluding carboxylic acids is 7. The van der Waals surface area contributed by atoms with E-state index in [-0.39, 0.29) is 113 Å². The first-order chi connectivity index (χ1) is 30.8. The zero-order valence-electron chi connectivity index (χ0n) is 39.6. The number of esters is 5. The third-order valence-corrected chi connectivity index (χ3v) is 14.3. The van der Waals surface area contributed by atoms with Gasteiger partial charge in [-0.1, -0.05) is 51.8 Å². The minimum atomic E-state index is -0.972. The summed E-state index contributed by atoms with van der Waals surface area (Å²) in [5, 5.41) is -0.185. The molecule has 1 unspecified atom stereocenters. The van der Waals surface area contributed by atoms with E-state index in [4.69, 9.17) is 28.4 Å². The van der Waals surface area contributed by atoms with Gasteiger partial charge in [-0.3, -0.25) is 33.6 Å². The van der Waals surface area contributed by atoms with E-state index in [1.165, 1.54) is 11.8 Å². The van der Waals surface area contributed by atoms with Crippen molar-refractivity contribution in [1.82, 2.24) is 9.80 Å². The molecular weight excluding hydrogens is 845 g/mol. The van der Waals surface area contributed by atoms with Crippen molar-refractivity contribution in [3.63, 3.8) is 0 Å². The Labute approximate surface area is 386 Å². The van der Waals surface area contributed by atoms with Gasteiger partial charge < -0.3 is 38.2 Å². The largest absolute Gasteiger partial charge is 0.464 e. The highest BCUT2D eigenvalue weighted by atomic mass is 32.2. The Hall–Kier alpha value is -3.40. The first kappa shape index (κ1) is 54.9. The molecule has 3 saturated carbocycles. The van der Waals surface area contributed by atoms with Crippen LogP contribution in [0.15, 0.2) is 0 Å². The van der Waals surface area contributed by atoms with E-state index in [0.717, 1.165) is 109 Å². The first-order valence-electron chi connectivity index (χ1n) is 24.4. The summed E-state index contributed by atoms with van der Waals surface area (Å²) in [6, 6.07) is 0. The molecule has 16 heteroatoms. The van der Waals surface area contributed by atoms with Crippen LogP contribution in [0, 0.1) is 35.5 Å². The third-order valence-electron chi connectivity index (χ3n) is 13.3. The molecule has 15 nitrogen and oxygen atoms in total. The Balaban J connectivity index is 1.54. The van der Waals surface area contributed by atoms with Gasteiger partial charge in [-0.2, -0.15) is 0 Å². The average Bonchev–Trinajstić information content (AvgIpc) is 3.31. The van der Waals surface area contributed by atoms with Crippen LogP contribution < -0.4 is 0 Å². The molecular formula is C48H80N2O13S. The van der Waals surface area contributed by atoms with Crippen molar-refractivity contribution in [3.8, 4) is 0 Å². The van der Waals surface area contributed by atoms with Crippen LogP contribution in [0.25, 0.3) is 0 Å². The number of hydrogen-bond donors (Lipinski definition) is 0. The summed E-state index contributed by atoms with van der Waals surface area (Å²) in [4.78, 5) is 93.0. The van der Waals surface area contributed by atoms with E-state index in [0.29, 0.717) is 23.5 Å². The van der Waals surface area contributed by atoms with Crippen LogP contribution in [0.1, 0.15) is 149 Å². The molecule has 0 N–H and O–H groups in total. The first-order valence-corrected chi connectivity index (χ1v) is 25.3. The van der Waals surface area contributed by atoms with E-state index < -0.39 is 24.1 Å². The number of thioether (sulfide) groups is 1. The van der Waals surface area contributed by atoms with Gasteiger partial charge in [0.1, 0.15) is 26.4 Å². The van der Waals surface area contributed by atoms with Crippen LogP contribution in [0.5, 0.6) is 0 Å². The van der Waals surface area contributed by atoms with Crippen molar-refractivity contribution in [2.75, 3.05) is 65.9 Å². The van der Waals surface area contributed by atoms with Crippen molar-refractivity contribution in [3.05, 3.63) is 0 Å². The maximum Gasteiger partial charge on any atom is 0.309 e. The molecule has 0 aromatic carbocycles. The highest BCUT2D eigenvalue weighted by molar-refractivity contribution is 8.13. The lowest BCUT2D eigenvalue weighted by molar-refractivity contribution is -0.170. The summed E-state index contributed by atoms with van der Waals surface area (Å²) in [5.41, 5.74) is 0. The fraction of sp³-hybridized carbons (Fsp3) is 0.854. The molecule has 0 aromatic rings. The molecule has 64 heavy (non-hydrogen) atoms. The van der Waals surface area contributed by atoms with Crippen molar-refractivity contribution in [2.45, 2.75) is 161 Å². The van der Waals surface area contributed by atoms with Crippen molar-refractivity contribution < 1.29 is 62.0 Å². The van der Waals surface area contributed by atoms with Gasteiger partial charge in [0.25, 0.3) is 11.7 Å². The number of carbonyl (C=O) groups is 7. The Kier molecular flexibility index (Phi) is 27.0. The third kappa shape index (κ3) is 21.7. The SMILES string of the molecule is CCC1CCC(C(=O)OCC(COC=O)OC(=O)CCCN(CCCC(=O)OC(COC(=O)C2CCC(CC)CC2)COC(=O)C2CCC(CC)CC2)C(=O)SCCCN(C)C)CC1. The van der Waals surface area contributed by atoms with Crippen LogP contribution in [0.4, 0.5) is 4.79 Å². The van der Waals surface area contributed by atoms with E-state index in [2.05, 4.69) is 20.8 Å². The van der Waals surface area contributed by atoms with Crippen LogP contribution in [0.3, 0.4) is 0 Å². The summed E-state index contributed by atoms with van der Waals surface area (Å²) >= 11 is 1.17. The predicted molar refractivity (Wildman–Crippen MR) is 243 cm³/mol. The molecule has 3 aliphatic carbocycles. The van der Waals surface area contributed by atoms with Gasteiger partial charge in [-0.05, 0) is 135 Å². The molecule has 0 aliphatic heterocycles. The zero-order chi connectivity index (χ0) is 46.7. The number of ether oxygens (including phenoxy) is 6. The van der Waals surface area contributed by atoms with E-state index in [1.54, 1.807) is 4.90 Å². The van der Waals surface area contributed by atoms with Crippen molar-refractivity contribution >= 4 is 53.3 Å². The molecule has 0 bridgehead atoms. The van der Waals surface area contributed by atoms with Crippen molar-refractivity contribution in [1.29, 1.82) is 0 Å². The lowest BCUT2D eigenvalue weighted by Gasteiger charge is -2.28. The van der Waals surface area contributed by atoms with Gasteiger partial charge in [0.05, 0.1) is 17.8 Å². The lowest BCUT2D eigenvalue weighted by Crippen LogP contribution is -2.35. The summed E-state index contributed by atoms with van der Waals surface area (Å²) in [5.74, 6) is -0.326. The monoisotopic (exact) mass is 925 g/mol. The Morgan fingerprint density at radius 3 is 1.27 bits per heavy atom. The summed E-state index contributed by atoms with van der Waals surface area (Å²) in [6.45, 7) is 7.02. The topological polar surface area (TPSA) is 181 Å². The molecule has 0 saturated heterocycles. The second-order valence-electron chi connectivity index (χ2n) is 18.4. The van der Waals surface area contributed by atoms with Gasteiger partial charge >= 0.3 is 29.8 Å². The highest BCUT2D eigenvalue weighted by Crippen LogP contribution is 2.33. The second-order valence-corrected chi connectivity index (χ2v) is 19.4. The maximum atomic E-state index is 13.4. The quantitative estimate of drug-likeness (QED) is 0.0305. The molecule has 0 radical (unpaired) electrons. The van der Waals surface area contributed by atoms with Crippen molar-refractivity contribution in [2.24, 2.45) is 35.5 Å². The molecule has 366 valence electrons. The van der Waals surface area contributed by atoms with Gasteiger partial charge in [-0.25, -0.2) is 0 Å². The van der Waals surface area contributed by atoms with Crippen LogP contribution in [-0.2, 0) is 57.2 Å². The highest BCUT2D eigenvalue weighted by Gasteiger charge is 2.31.